The Morgan fingerprint density at radius 2 is 2.09 bits per heavy atom. The van der Waals surface area contributed by atoms with Gasteiger partial charge in [0, 0.05) is 13.5 Å². The molecular weight excluding hydrogens is 148 g/mol. The molecule has 1 fully saturated rings. The minimum absolute atomic E-state index is 0.225. The van der Waals surface area contributed by atoms with Gasteiger partial charge in [0.05, 0.1) is 12.2 Å². The molecule has 1 aliphatic rings. The van der Waals surface area contributed by atoms with Gasteiger partial charge in [0.1, 0.15) is 6.10 Å². The summed E-state index contributed by atoms with van der Waals surface area (Å²) in [6, 6.07) is 0. The molecule has 1 saturated heterocycles. The lowest BCUT2D eigenvalue weighted by molar-refractivity contribution is -0.232. The molecule has 0 radical (unpaired) electrons. The highest BCUT2D eigenvalue weighted by Gasteiger charge is 2.34. The number of rotatable bonds is 1. The molecule has 4 nitrogen and oxygen atoms in total. The van der Waals surface area contributed by atoms with Crippen molar-refractivity contribution in [3.63, 3.8) is 0 Å². The topological polar surface area (TPSA) is 58.9 Å². The summed E-state index contributed by atoms with van der Waals surface area (Å²) in [5, 5.41) is 18.4. The number of aliphatic hydroxyl groups is 2. The molecule has 1 unspecified atom stereocenters. The molecule has 0 spiro atoms. The van der Waals surface area contributed by atoms with Crippen LogP contribution in [0.15, 0.2) is 0 Å². The average Bonchev–Trinajstić information content (AvgIpc) is 1.85. The zero-order valence-electron chi connectivity index (χ0n) is 6.73. The van der Waals surface area contributed by atoms with Crippen LogP contribution in [0.4, 0.5) is 0 Å². The van der Waals surface area contributed by atoms with Crippen LogP contribution >= 0.6 is 0 Å². The van der Waals surface area contributed by atoms with Crippen molar-refractivity contribution in [1.82, 2.24) is 0 Å². The Morgan fingerprint density at radius 1 is 1.45 bits per heavy atom. The fourth-order valence-corrected chi connectivity index (χ4v) is 1.38. The smallest absolute Gasteiger partial charge is 0.157 e. The lowest BCUT2D eigenvalue weighted by Gasteiger charge is -2.34. The van der Waals surface area contributed by atoms with Crippen LogP contribution in [-0.4, -0.2) is 41.9 Å². The standard InChI is InChI=1S/C7H14O4/c1-4-7(10-2)5(8)3-6(9)11-4/h4-9H,3H2,1-2H3/t4-,5-,6?,7+/m1/s1. The first-order chi connectivity index (χ1) is 5.15. The van der Waals surface area contributed by atoms with Gasteiger partial charge in [-0.25, -0.2) is 0 Å². The first-order valence-electron chi connectivity index (χ1n) is 3.69. The Balaban J connectivity index is 2.52. The van der Waals surface area contributed by atoms with Crippen LogP contribution in [0.3, 0.4) is 0 Å². The summed E-state index contributed by atoms with van der Waals surface area (Å²) in [6.45, 7) is 1.76. The molecule has 0 aliphatic carbocycles. The lowest BCUT2D eigenvalue weighted by atomic mass is 10.0. The maximum Gasteiger partial charge on any atom is 0.157 e. The molecule has 66 valence electrons. The van der Waals surface area contributed by atoms with Crippen LogP contribution in [0.25, 0.3) is 0 Å². The lowest BCUT2D eigenvalue weighted by Crippen LogP contribution is -2.47. The van der Waals surface area contributed by atoms with Crippen molar-refractivity contribution < 1.29 is 19.7 Å². The van der Waals surface area contributed by atoms with Crippen LogP contribution in [-0.2, 0) is 9.47 Å². The molecule has 0 amide bonds. The van der Waals surface area contributed by atoms with Crippen LogP contribution in [0, 0.1) is 0 Å². The number of hydrogen-bond donors (Lipinski definition) is 2. The van der Waals surface area contributed by atoms with E-state index < -0.39 is 12.4 Å². The minimum atomic E-state index is -0.855. The van der Waals surface area contributed by atoms with E-state index in [1.165, 1.54) is 7.11 Å². The van der Waals surface area contributed by atoms with E-state index in [0.717, 1.165) is 0 Å². The van der Waals surface area contributed by atoms with Crippen LogP contribution in [0.1, 0.15) is 13.3 Å². The normalized spacial score (nSPS) is 45.8. The summed E-state index contributed by atoms with van der Waals surface area (Å²) >= 11 is 0. The third-order valence-corrected chi connectivity index (χ3v) is 1.93. The van der Waals surface area contributed by atoms with Gasteiger partial charge >= 0.3 is 0 Å². The molecule has 4 atom stereocenters. The average molecular weight is 162 g/mol. The van der Waals surface area contributed by atoms with Gasteiger partial charge in [-0.2, -0.15) is 0 Å². The number of aliphatic hydroxyl groups excluding tert-OH is 2. The second-order valence-corrected chi connectivity index (χ2v) is 2.80. The summed E-state index contributed by atoms with van der Waals surface area (Å²) in [5.41, 5.74) is 0. The summed E-state index contributed by atoms with van der Waals surface area (Å²) in [4.78, 5) is 0. The monoisotopic (exact) mass is 162 g/mol. The fourth-order valence-electron chi connectivity index (χ4n) is 1.38. The van der Waals surface area contributed by atoms with Gasteiger partial charge in [0.2, 0.25) is 0 Å². The molecule has 4 heteroatoms. The van der Waals surface area contributed by atoms with Gasteiger partial charge in [-0.1, -0.05) is 0 Å². The van der Waals surface area contributed by atoms with Crippen molar-refractivity contribution in [2.24, 2.45) is 0 Å². The fraction of sp³-hybridized carbons (Fsp3) is 1.00. The first-order valence-corrected chi connectivity index (χ1v) is 3.69. The largest absolute Gasteiger partial charge is 0.390 e. The van der Waals surface area contributed by atoms with E-state index in [4.69, 9.17) is 14.6 Å². The first kappa shape index (κ1) is 8.93. The van der Waals surface area contributed by atoms with Crippen molar-refractivity contribution in [2.75, 3.05) is 7.11 Å². The molecule has 0 aromatic rings. The zero-order chi connectivity index (χ0) is 8.43. The maximum absolute atomic E-state index is 9.34. The quantitative estimate of drug-likeness (QED) is 0.545. The molecule has 1 aliphatic heterocycles. The molecule has 0 saturated carbocycles. The van der Waals surface area contributed by atoms with Crippen LogP contribution in [0.2, 0.25) is 0 Å². The summed E-state index contributed by atoms with van der Waals surface area (Å²) < 4.78 is 10.0. The Morgan fingerprint density at radius 3 is 2.55 bits per heavy atom. The van der Waals surface area contributed by atoms with Crippen molar-refractivity contribution in [3.05, 3.63) is 0 Å². The van der Waals surface area contributed by atoms with Gasteiger partial charge in [0.15, 0.2) is 6.29 Å². The Labute approximate surface area is 65.7 Å². The number of ether oxygens (including phenoxy) is 2. The van der Waals surface area contributed by atoms with Crippen LogP contribution < -0.4 is 0 Å². The number of methoxy groups -OCH3 is 1. The second-order valence-electron chi connectivity index (χ2n) is 2.80. The Kier molecular flexibility index (Phi) is 2.84. The molecule has 2 N–H and O–H groups in total. The van der Waals surface area contributed by atoms with E-state index in [1.807, 2.05) is 0 Å². The Hall–Kier alpha value is -0.160. The van der Waals surface area contributed by atoms with Crippen molar-refractivity contribution in [2.45, 2.75) is 37.9 Å². The molecular formula is C7H14O4. The van der Waals surface area contributed by atoms with E-state index in [1.54, 1.807) is 6.92 Å². The minimum Gasteiger partial charge on any atom is -0.390 e. The van der Waals surface area contributed by atoms with Crippen LogP contribution in [0.5, 0.6) is 0 Å². The van der Waals surface area contributed by atoms with Crippen molar-refractivity contribution in [1.29, 1.82) is 0 Å². The Bertz CT molecular complexity index is 116. The molecule has 0 bridgehead atoms. The van der Waals surface area contributed by atoms with Crippen molar-refractivity contribution >= 4 is 0 Å². The predicted octanol–water partition coefficient (Wildman–Crippen LogP) is -0.510. The molecule has 0 aromatic carbocycles. The molecule has 1 heterocycles. The third kappa shape index (κ3) is 1.90. The highest BCUT2D eigenvalue weighted by atomic mass is 16.6. The van der Waals surface area contributed by atoms with Gasteiger partial charge in [-0.15, -0.1) is 0 Å². The second kappa shape index (κ2) is 3.49. The highest BCUT2D eigenvalue weighted by Crippen LogP contribution is 2.20. The third-order valence-electron chi connectivity index (χ3n) is 1.93. The van der Waals surface area contributed by atoms with E-state index in [9.17, 15) is 5.11 Å². The SMILES string of the molecule is CO[C@@H]1[C@H](O)CC(O)O[C@@H]1C. The molecule has 0 aromatic heterocycles. The zero-order valence-corrected chi connectivity index (χ0v) is 6.73. The molecule has 1 rings (SSSR count). The van der Waals surface area contributed by atoms with Gasteiger partial charge in [-0.3, -0.25) is 0 Å². The maximum atomic E-state index is 9.34. The van der Waals surface area contributed by atoms with Gasteiger partial charge < -0.3 is 19.7 Å². The summed E-state index contributed by atoms with van der Waals surface area (Å²) in [6.07, 6.45) is -1.83. The summed E-state index contributed by atoms with van der Waals surface area (Å²) in [7, 11) is 1.52. The van der Waals surface area contributed by atoms with E-state index >= 15 is 0 Å². The van der Waals surface area contributed by atoms with E-state index in [-0.39, 0.29) is 18.6 Å². The van der Waals surface area contributed by atoms with Gasteiger partial charge in [0.25, 0.3) is 0 Å². The summed E-state index contributed by atoms with van der Waals surface area (Å²) in [5.74, 6) is 0. The van der Waals surface area contributed by atoms with E-state index in [2.05, 4.69) is 0 Å². The number of hydrogen-bond acceptors (Lipinski definition) is 4. The van der Waals surface area contributed by atoms with Crippen molar-refractivity contribution in [3.8, 4) is 0 Å². The highest BCUT2D eigenvalue weighted by molar-refractivity contribution is 4.80. The van der Waals surface area contributed by atoms with Gasteiger partial charge in [-0.05, 0) is 6.92 Å². The van der Waals surface area contributed by atoms with E-state index in [0.29, 0.717) is 0 Å². The predicted molar refractivity (Wildman–Crippen MR) is 38.0 cm³/mol. The molecule has 11 heavy (non-hydrogen) atoms.